The van der Waals surface area contributed by atoms with Gasteiger partial charge < -0.3 is 5.11 Å². The standard InChI is InChI=1S/C12H14N4O2/c1-7-5-13-12(14-6-7)16-9(3)10(4-11(17)18)8(2)15-16/h5-6H,4H2,1-3H3,(H,17,18). The van der Waals surface area contributed by atoms with Crippen LogP contribution in [0.15, 0.2) is 12.4 Å². The largest absolute Gasteiger partial charge is 0.481 e. The van der Waals surface area contributed by atoms with Crippen molar-refractivity contribution >= 4 is 5.97 Å². The highest BCUT2D eigenvalue weighted by Crippen LogP contribution is 2.16. The fraction of sp³-hybridized carbons (Fsp3) is 0.333. The summed E-state index contributed by atoms with van der Waals surface area (Å²) in [5, 5.41) is 13.2. The van der Waals surface area contributed by atoms with Crippen molar-refractivity contribution in [2.24, 2.45) is 0 Å². The molecule has 18 heavy (non-hydrogen) atoms. The first-order chi connectivity index (χ1) is 8.49. The molecule has 0 bridgehead atoms. The summed E-state index contributed by atoms with van der Waals surface area (Å²) in [7, 11) is 0. The van der Waals surface area contributed by atoms with Gasteiger partial charge in [-0.1, -0.05) is 0 Å². The van der Waals surface area contributed by atoms with E-state index >= 15 is 0 Å². The second-order valence-electron chi connectivity index (χ2n) is 4.19. The van der Waals surface area contributed by atoms with Crippen molar-refractivity contribution < 1.29 is 9.90 Å². The lowest BCUT2D eigenvalue weighted by molar-refractivity contribution is -0.136. The zero-order chi connectivity index (χ0) is 13.3. The summed E-state index contributed by atoms with van der Waals surface area (Å²) in [4.78, 5) is 19.2. The Kier molecular flexibility index (Phi) is 3.10. The number of hydrogen-bond donors (Lipinski definition) is 1. The number of aliphatic carboxylic acids is 1. The van der Waals surface area contributed by atoms with Gasteiger partial charge in [0.25, 0.3) is 5.95 Å². The molecule has 0 spiro atoms. The molecule has 2 rings (SSSR count). The lowest BCUT2D eigenvalue weighted by Crippen LogP contribution is -2.06. The van der Waals surface area contributed by atoms with E-state index in [1.807, 2.05) is 13.8 Å². The smallest absolute Gasteiger partial charge is 0.307 e. The molecule has 0 fully saturated rings. The molecule has 0 aliphatic rings. The Balaban J connectivity index is 2.46. The molecule has 1 N–H and O–H groups in total. The van der Waals surface area contributed by atoms with Gasteiger partial charge >= 0.3 is 5.97 Å². The van der Waals surface area contributed by atoms with Gasteiger partial charge in [-0.25, -0.2) is 14.6 Å². The second-order valence-corrected chi connectivity index (χ2v) is 4.19. The first-order valence-electron chi connectivity index (χ1n) is 5.55. The quantitative estimate of drug-likeness (QED) is 0.880. The molecule has 2 heterocycles. The van der Waals surface area contributed by atoms with Gasteiger partial charge in [-0.3, -0.25) is 4.79 Å². The van der Waals surface area contributed by atoms with E-state index in [0.29, 0.717) is 17.2 Å². The van der Waals surface area contributed by atoms with Gasteiger partial charge in [-0.15, -0.1) is 0 Å². The van der Waals surface area contributed by atoms with E-state index in [2.05, 4.69) is 15.1 Å². The van der Waals surface area contributed by atoms with Crippen molar-refractivity contribution in [3.63, 3.8) is 0 Å². The fourth-order valence-electron chi connectivity index (χ4n) is 1.77. The highest BCUT2D eigenvalue weighted by molar-refractivity contribution is 5.71. The third-order valence-corrected chi connectivity index (χ3v) is 2.73. The van der Waals surface area contributed by atoms with Gasteiger partial charge in [-0.05, 0) is 26.3 Å². The number of aryl methyl sites for hydroxylation is 2. The van der Waals surface area contributed by atoms with Crippen LogP contribution in [0.1, 0.15) is 22.5 Å². The van der Waals surface area contributed by atoms with E-state index in [-0.39, 0.29) is 6.42 Å². The van der Waals surface area contributed by atoms with Crippen LogP contribution in [0.3, 0.4) is 0 Å². The summed E-state index contributed by atoms with van der Waals surface area (Å²) in [5.41, 5.74) is 3.13. The van der Waals surface area contributed by atoms with Crippen molar-refractivity contribution in [3.8, 4) is 5.95 Å². The van der Waals surface area contributed by atoms with Gasteiger partial charge in [0.2, 0.25) is 0 Å². The summed E-state index contributed by atoms with van der Waals surface area (Å²) in [5.74, 6) is -0.414. The minimum Gasteiger partial charge on any atom is -0.481 e. The average Bonchev–Trinajstić information content (AvgIpc) is 2.58. The number of nitrogens with zero attached hydrogens (tertiary/aromatic N) is 4. The molecule has 0 radical (unpaired) electrons. The van der Waals surface area contributed by atoms with E-state index in [9.17, 15) is 4.79 Å². The molecule has 0 saturated carbocycles. The molecule has 0 saturated heterocycles. The van der Waals surface area contributed by atoms with Crippen LogP contribution in [-0.2, 0) is 11.2 Å². The van der Waals surface area contributed by atoms with E-state index < -0.39 is 5.97 Å². The number of carboxylic acids is 1. The Hall–Kier alpha value is -2.24. The van der Waals surface area contributed by atoms with Gasteiger partial charge in [0.1, 0.15) is 0 Å². The molecule has 0 unspecified atom stereocenters. The van der Waals surface area contributed by atoms with Gasteiger partial charge in [-0.2, -0.15) is 5.10 Å². The van der Waals surface area contributed by atoms with Crippen molar-refractivity contribution in [3.05, 3.63) is 34.9 Å². The maximum atomic E-state index is 10.8. The highest BCUT2D eigenvalue weighted by atomic mass is 16.4. The fourth-order valence-corrected chi connectivity index (χ4v) is 1.77. The maximum absolute atomic E-state index is 10.8. The maximum Gasteiger partial charge on any atom is 0.307 e. The van der Waals surface area contributed by atoms with E-state index in [4.69, 9.17) is 5.11 Å². The van der Waals surface area contributed by atoms with Gasteiger partial charge in [0, 0.05) is 23.7 Å². The molecule has 6 nitrogen and oxygen atoms in total. The predicted octanol–water partition coefficient (Wildman–Crippen LogP) is 1.21. The van der Waals surface area contributed by atoms with Crippen LogP contribution in [-0.4, -0.2) is 30.8 Å². The second kappa shape index (κ2) is 4.56. The highest BCUT2D eigenvalue weighted by Gasteiger charge is 2.16. The molecule has 94 valence electrons. The van der Waals surface area contributed by atoms with E-state index in [1.54, 1.807) is 24.0 Å². The lowest BCUT2D eigenvalue weighted by Gasteiger charge is -2.02. The summed E-state index contributed by atoms with van der Waals surface area (Å²) in [6.07, 6.45) is 3.37. The Morgan fingerprint density at radius 1 is 1.28 bits per heavy atom. The molecule has 2 aromatic heterocycles. The van der Waals surface area contributed by atoms with E-state index in [0.717, 1.165) is 11.3 Å². The number of carboxylic acid groups (broad SMARTS) is 1. The average molecular weight is 246 g/mol. The number of hydrogen-bond acceptors (Lipinski definition) is 4. The molecule has 0 aliphatic heterocycles. The van der Waals surface area contributed by atoms with Crippen LogP contribution in [0.5, 0.6) is 0 Å². The molecule has 6 heteroatoms. The molecule has 2 aromatic rings. The zero-order valence-electron chi connectivity index (χ0n) is 10.5. The van der Waals surface area contributed by atoms with Crippen molar-refractivity contribution in [2.75, 3.05) is 0 Å². The SMILES string of the molecule is Cc1cnc(-n2nc(C)c(CC(=O)O)c2C)nc1. The third-order valence-electron chi connectivity index (χ3n) is 2.73. The molecule has 0 atom stereocenters. The molecule has 0 amide bonds. The Morgan fingerprint density at radius 2 is 1.89 bits per heavy atom. The van der Waals surface area contributed by atoms with Crippen molar-refractivity contribution in [2.45, 2.75) is 27.2 Å². The summed E-state index contributed by atoms with van der Waals surface area (Å²) >= 11 is 0. The van der Waals surface area contributed by atoms with Crippen LogP contribution in [0.2, 0.25) is 0 Å². The Labute approximate surface area is 104 Å². The van der Waals surface area contributed by atoms with Crippen LogP contribution in [0, 0.1) is 20.8 Å². The van der Waals surface area contributed by atoms with Gasteiger partial charge in [0.15, 0.2) is 0 Å². The first kappa shape index (κ1) is 12.2. The summed E-state index contributed by atoms with van der Waals surface area (Å²) in [6.45, 7) is 5.51. The van der Waals surface area contributed by atoms with Crippen molar-refractivity contribution in [1.29, 1.82) is 0 Å². The summed E-state index contributed by atoms with van der Waals surface area (Å²) in [6, 6.07) is 0. The minimum absolute atomic E-state index is 0.0382. The topological polar surface area (TPSA) is 80.9 Å². The Bertz CT molecular complexity index is 587. The van der Waals surface area contributed by atoms with Crippen LogP contribution in [0.25, 0.3) is 5.95 Å². The molecular formula is C12H14N4O2. The van der Waals surface area contributed by atoms with Crippen LogP contribution < -0.4 is 0 Å². The van der Waals surface area contributed by atoms with Crippen molar-refractivity contribution in [1.82, 2.24) is 19.7 Å². The van der Waals surface area contributed by atoms with Crippen LogP contribution in [0.4, 0.5) is 0 Å². The minimum atomic E-state index is -0.870. The van der Waals surface area contributed by atoms with E-state index in [1.165, 1.54) is 0 Å². The monoisotopic (exact) mass is 246 g/mol. The van der Waals surface area contributed by atoms with Crippen LogP contribution >= 0.6 is 0 Å². The first-order valence-corrected chi connectivity index (χ1v) is 5.55. The summed E-state index contributed by atoms with van der Waals surface area (Å²) < 4.78 is 1.58. The predicted molar refractivity (Wildman–Crippen MR) is 64.7 cm³/mol. The number of aromatic nitrogens is 4. The number of rotatable bonds is 3. The Morgan fingerprint density at radius 3 is 2.44 bits per heavy atom. The number of carbonyl (C=O) groups is 1. The normalized spacial score (nSPS) is 10.6. The van der Waals surface area contributed by atoms with Gasteiger partial charge in [0.05, 0.1) is 12.1 Å². The molecule has 0 aliphatic carbocycles. The zero-order valence-corrected chi connectivity index (χ0v) is 10.5. The lowest BCUT2D eigenvalue weighted by atomic mass is 10.1. The molecular weight excluding hydrogens is 232 g/mol. The molecule has 0 aromatic carbocycles. The third kappa shape index (κ3) is 2.22.